The fraction of sp³-hybridized carbons (Fsp3) is 0.320. The largest absolute Gasteiger partial charge is 0.417 e. The summed E-state index contributed by atoms with van der Waals surface area (Å²) >= 11 is 6.03. The minimum Gasteiger partial charge on any atom is -0.344 e. The van der Waals surface area contributed by atoms with Crippen LogP contribution >= 0.6 is 24.0 Å². The van der Waals surface area contributed by atoms with Crippen molar-refractivity contribution in [3.8, 4) is 11.3 Å². The van der Waals surface area contributed by atoms with Crippen molar-refractivity contribution in [1.82, 2.24) is 20.2 Å². The SMILES string of the molecule is CN1CCCC[C@H]1[C@@H](NC(=O)c1cccc(C(F)(F)F)c1Cl)c1cccc(-c2cnccn2)c1.Cl. The summed E-state index contributed by atoms with van der Waals surface area (Å²) in [6, 6.07) is 10.5. The van der Waals surface area contributed by atoms with Crippen LogP contribution in [-0.4, -0.2) is 40.4 Å². The standard InChI is InChI=1S/C25H24ClF3N4O.ClH/c1-33-13-3-2-10-21(33)23(17-7-4-6-16(14-17)20-15-30-11-12-31-20)32-24(34)18-8-5-9-19(22(18)26)25(27,28)29;/h4-9,11-12,14-15,21,23H,2-3,10,13H2,1H3,(H,32,34);1H/t21-,23-;/m0./s1. The fourth-order valence-corrected chi connectivity index (χ4v) is 4.73. The topological polar surface area (TPSA) is 58.1 Å². The molecule has 2 heterocycles. The van der Waals surface area contributed by atoms with Gasteiger partial charge in [-0.15, -0.1) is 12.4 Å². The maximum atomic E-state index is 13.3. The number of piperidine rings is 1. The summed E-state index contributed by atoms with van der Waals surface area (Å²) in [5.41, 5.74) is 1.12. The van der Waals surface area contributed by atoms with Gasteiger partial charge in [-0.25, -0.2) is 0 Å². The molecule has 0 bridgehead atoms. The first-order valence-electron chi connectivity index (χ1n) is 11.0. The number of aromatic nitrogens is 2. The van der Waals surface area contributed by atoms with Crippen molar-refractivity contribution < 1.29 is 18.0 Å². The predicted octanol–water partition coefficient (Wildman–Crippen LogP) is 6.19. The van der Waals surface area contributed by atoms with Crippen LogP contribution < -0.4 is 5.32 Å². The maximum absolute atomic E-state index is 13.3. The molecule has 1 fully saturated rings. The van der Waals surface area contributed by atoms with Crippen LogP contribution in [0.5, 0.6) is 0 Å². The first kappa shape index (κ1) is 26.9. The van der Waals surface area contributed by atoms with Crippen molar-refractivity contribution in [2.45, 2.75) is 37.5 Å². The van der Waals surface area contributed by atoms with Gasteiger partial charge >= 0.3 is 6.18 Å². The highest BCUT2D eigenvalue weighted by Gasteiger charge is 2.36. The number of amides is 1. The molecule has 1 aromatic heterocycles. The molecule has 1 N–H and O–H groups in total. The number of hydrogen-bond donors (Lipinski definition) is 1. The summed E-state index contributed by atoms with van der Waals surface area (Å²) in [7, 11) is 1.99. The second-order valence-corrected chi connectivity index (χ2v) is 8.75. The lowest BCUT2D eigenvalue weighted by molar-refractivity contribution is -0.137. The van der Waals surface area contributed by atoms with E-state index in [0.717, 1.165) is 43.0 Å². The first-order chi connectivity index (χ1) is 16.3. The Morgan fingerprint density at radius 1 is 1.17 bits per heavy atom. The Hall–Kier alpha value is -2.68. The van der Waals surface area contributed by atoms with Crippen LogP contribution in [0.15, 0.2) is 61.1 Å². The number of hydrogen-bond acceptors (Lipinski definition) is 4. The van der Waals surface area contributed by atoms with Gasteiger partial charge < -0.3 is 10.2 Å². The Morgan fingerprint density at radius 2 is 1.94 bits per heavy atom. The summed E-state index contributed by atoms with van der Waals surface area (Å²) in [6.45, 7) is 0.866. The summed E-state index contributed by atoms with van der Waals surface area (Å²) < 4.78 is 40.0. The molecule has 4 rings (SSSR count). The lowest BCUT2D eigenvalue weighted by Crippen LogP contribution is -2.47. The van der Waals surface area contributed by atoms with Gasteiger partial charge in [0.15, 0.2) is 0 Å². The van der Waals surface area contributed by atoms with Crippen molar-refractivity contribution in [3.05, 3.63) is 82.8 Å². The molecule has 2 atom stereocenters. The molecular weight excluding hydrogens is 500 g/mol. The lowest BCUT2D eigenvalue weighted by Gasteiger charge is -2.38. The van der Waals surface area contributed by atoms with E-state index in [1.165, 1.54) is 12.1 Å². The number of carbonyl (C=O) groups is 1. The van der Waals surface area contributed by atoms with Crippen LogP contribution in [0, 0.1) is 0 Å². The Kier molecular flexibility index (Phi) is 8.74. The van der Waals surface area contributed by atoms with E-state index < -0.39 is 28.7 Å². The molecule has 5 nitrogen and oxygen atoms in total. The van der Waals surface area contributed by atoms with Crippen molar-refractivity contribution in [3.63, 3.8) is 0 Å². The van der Waals surface area contributed by atoms with E-state index in [2.05, 4.69) is 20.2 Å². The molecule has 1 saturated heterocycles. The smallest absolute Gasteiger partial charge is 0.344 e. The summed E-state index contributed by atoms with van der Waals surface area (Å²) in [5, 5.41) is 2.38. The molecule has 0 unspecified atom stereocenters. The molecule has 2 aromatic carbocycles. The van der Waals surface area contributed by atoms with Gasteiger partial charge in [0.05, 0.1) is 34.1 Å². The van der Waals surface area contributed by atoms with Crippen LogP contribution in [-0.2, 0) is 6.18 Å². The van der Waals surface area contributed by atoms with E-state index in [1.54, 1.807) is 18.6 Å². The number of alkyl halides is 3. The second kappa shape index (κ2) is 11.4. The monoisotopic (exact) mass is 524 g/mol. The maximum Gasteiger partial charge on any atom is 0.417 e. The number of rotatable bonds is 5. The van der Waals surface area contributed by atoms with Gasteiger partial charge in [-0.1, -0.05) is 42.3 Å². The Labute approximate surface area is 213 Å². The minimum absolute atomic E-state index is 0. The van der Waals surface area contributed by atoms with E-state index in [9.17, 15) is 18.0 Å². The highest BCUT2D eigenvalue weighted by Crippen LogP contribution is 2.37. The highest BCUT2D eigenvalue weighted by atomic mass is 35.5. The zero-order valence-electron chi connectivity index (χ0n) is 18.9. The van der Waals surface area contributed by atoms with Gasteiger partial charge in [0, 0.05) is 24.0 Å². The third-order valence-electron chi connectivity index (χ3n) is 6.15. The summed E-state index contributed by atoms with van der Waals surface area (Å²) in [6.07, 6.45) is 3.08. The molecule has 0 radical (unpaired) electrons. The van der Waals surface area contributed by atoms with Crippen LogP contribution in [0.2, 0.25) is 5.02 Å². The number of carbonyl (C=O) groups excluding carboxylic acids is 1. The number of nitrogens with one attached hydrogen (secondary N) is 1. The average molecular weight is 525 g/mol. The molecule has 1 aliphatic rings. The van der Waals surface area contributed by atoms with E-state index >= 15 is 0 Å². The zero-order chi connectivity index (χ0) is 24.3. The Morgan fingerprint density at radius 3 is 2.63 bits per heavy atom. The van der Waals surface area contributed by atoms with Gasteiger partial charge in [-0.3, -0.25) is 14.8 Å². The van der Waals surface area contributed by atoms with Crippen molar-refractivity contribution in [1.29, 1.82) is 0 Å². The Balaban J connectivity index is 0.00000342. The van der Waals surface area contributed by atoms with Crippen LogP contribution in [0.25, 0.3) is 11.3 Å². The average Bonchev–Trinajstić information content (AvgIpc) is 2.83. The van der Waals surface area contributed by atoms with Crippen molar-refractivity contribution >= 4 is 29.9 Å². The molecule has 0 saturated carbocycles. The molecule has 186 valence electrons. The summed E-state index contributed by atoms with van der Waals surface area (Å²) in [5.74, 6) is -0.648. The van der Waals surface area contributed by atoms with E-state index in [1.807, 2.05) is 31.3 Å². The van der Waals surface area contributed by atoms with E-state index in [-0.39, 0.29) is 24.0 Å². The van der Waals surface area contributed by atoms with Crippen LogP contribution in [0.4, 0.5) is 13.2 Å². The van der Waals surface area contributed by atoms with Gasteiger partial charge in [-0.2, -0.15) is 13.2 Å². The highest BCUT2D eigenvalue weighted by molar-refractivity contribution is 6.34. The molecule has 35 heavy (non-hydrogen) atoms. The van der Waals surface area contributed by atoms with Crippen LogP contribution in [0.3, 0.4) is 0 Å². The number of likely N-dealkylation sites (tertiary alicyclic amines) is 1. The molecule has 1 amide bonds. The third-order valence-corrected chi connectivity index (χ3v) is 6.56. The van der Waals surface area contributed by atoms with E-state index in [4.69, 9.17) is 11.6 Å². The van der Waals surface area contributed by atoms with Crippen LogP contribution in [0.1, 0.15) is 46.8 Å². The number of likely N-dealkylation sites (N-methyl/N-ethyl adjacent to an activating group) is 1. The molecule has 0 spiro atoms. The van der Waals surface area contributed by atoms with Gasteiger partial charge in [0.2, 0.25) is 0 Å². The molecule has 1 aliphatic heterocycles. The number of nitrogens with zero attached hydrogens (tertiary/aromatic N) is 3. The zero-order valence-corrected chi connectivity index (χ0v) is 20.5. The predicted molar refractivity (Wildman–Crippen MR) is 132 cm³/mol. The quantitative estimate of drug-likeness (QED) is 0.432. The van der Waals surface area contributed by atoms with Gasteiger partial charge in [0.1, 0.15) is 0 Å². The third kappa shape index (κ3) is 6.12. The minimum atomic E-state index is -4.65. The molecular formula is C25H25Cl2F3N4O. The van der Waals surface area contributed by atoms with Gasteiger partial charge in [0.25, 0.3) is 5.91 Å². The Bertz CT molecular complexity index is 1160. The van der Waals surface area contributed by atoms with Gasteiger partial charge in [-0.05, 0) is 50.2 Å². The number of halogens is 5. The normalized spacial score (nSPS) is 17.3. The summed E-state index contributed by atoms with van der Waals surface area (Å²) in [4.78, 5) is 23.9. The molecule has 3 aromatic rings. The van der Waals surface area contributed by atoms with E-state index in [0.29, 0.717) is 5.69 Å². The first-order valence-corrected chi connectivity index (χ1v) is 11.4. The van der Waals surface area contributed by atoms with Crippen molar-refractivity contribution in [2.75, 3.05) is 13.6 Å². The second-order valence-electron chi connectivity index (χ2n) is 8.38. The van der Waals surface area contributed by atoms with Crippen molar-refractivity contribution in [2.24, 2.45) is 0 Å². The molecule has 0 aliphatic carbocycles. The fourth-order valence-electron chi connectivity index (χ4n) is 4.41. The lowest BCUT2D eigenvalue weighted by atomic mass is 9.90. The number of benzene rings is 2. The molecule has 10 heteroatoms.